The number of nitrogens with zero attached hydrogens (tertiary/aromatic N) is 1. The van der Waals surface area contributed by atoms with Gasteiger partial charge < -0.3 is 10.1 Å². The number of carbonyl (C=O) groups is 1. The number of thioether (sulfide) groups is 1. The summed E-state index contributed by atoms with van der Waals surface area (Å²) in [4.78, 5) is 17.1. The monoisotopic (exact) mass is 376 g/mol. The van der Waals surface area contributed by atoms with E-state index < -0.39 is 0 Å². The highest BCUT2D eigenvalue weighted by molar-refractivity contribution is 7.98. The highest BCUT2D eigenvalue weighted by Gasteiger charge is 2.21. The van der Waals surface area contributed by atoms with Gasteiger partial charge in [0.1, 0.15) is 0 Å². The molecule has 3 rings (SSSR count). The summed E-state index contributed by atoms with van der Waals surface area (Å²) in [5.41, 5.74) is 0.852. The van der Waals surface area contributed by atoms with Gasteiger partial charge in [-0.05, 0) is 48.7 Å². The van der Waals surface area contributed by atoms with Gasteiger partial charge in [-0.25, -0.2) is 0 Å². The van der Waals surface area contributed by atoms with E-state index in [2.05, 4.69) is 27.7 Å². The SMILES string of the molecule is CSc1cccc(NC(=O)CN(Cc2cccs2)CC2CCCO2)c1. The highest BCUT2D eigenvalue weighted by Crippen LogP contribution is 2.20. The lowest BCUT2D eigenvalue weighted by atomic mass is 10.2. The average Bonchev–Trinajstić information content (AvgIpc) is 3.29. The number of carbonyl (C=O) groups excluding carboxylic acids is 1. The molecule has 1 saturated heterocycles. The number of rotatable bonds is 8. The Kier molecular flexibility index (Phi) is 6.93. The fraction of sp³-hybridized carbons (Fsp3) is 0.421. The number of amides is 1. The molecule has 6 heteroatoms. The smallest absolute Gasteiger partial charge is 0.238 e. The van der Waals surface area contributed by atoms with E-state index in [1.54, 1.807) is 23.1 Å². The maximum Gasteiger partial charge on any atom is 0.238 e. The quantitative estimate of drug-likeness (QED) is 0.705. The van der Waals surface area contributed by atoms with Crippen LogP contribution >= 0.6 is 23.1 Å². The van der Waals surface area contributed by atoms with Crippen molar-refractivity contribution in [3.05, 3.63) is 46.7 Å². The molecule has 1 aromatic heterocycles. The number of anilines is 1. The lowest BCUT2D eigenvalue weighted by Crippen LogP contribution is -2.37. The van der Waals surface area contributed by atoms with E-state index in [9.17, 15) is 4.79 Å². The van der Waals surface area contributed by atoms with Crippen molar-refractivity contribution >= 4 is 34.7 Å². The first-order chi connectivity index (χ1) is 12.2. The molecule has 1 amide bonds. The van der Waals surface area contributed by atoms with E-state index in [4.69, 9.17) is 4.74 Å². The molecule has 0 saturated carbocycles. The Hall–Kier alpha value is -1.34. The van der Waals surface area contributed by atoms with Gasteiger partial charge >= 0.3 is 0 Å². The Morgan fingerprint density at radius 2 is 2.32 bits per heavy atom. The zero-order valence-electron chi connectivity index (χ0n) is 14.4. The van der Waals surface area contributed by atoms with Crippen molar-refractivity contribution in [1.29, 1.82) is 0 Å². The zero-order chi connectivity index (χ0) is 17.5. The fourth-order valence-corrected chi connectivity index (χ4v) is 4.19. The van der Waals surface area contributed by atoms with Crippen molar-refractivity contribution in [3.63, 3.8) is 0 Å². The van der Waals surface area contributed by atoms with Gasteiger partial charge in [0.25, 0.3) is 0 Å². The molecule has 2 heterocycles. The van der Waals surface area contributed by atoms with Crippen molar-refractivity contribution in [1.82, 2.24) is 4.90 Å². The first-order valence-corrected chi connectivity index (χ1v) is 10.6. The van der Waals surface area contributed by atoms with Gasteiger partial charge in [0.15, 0.2) is 0 Å². The normalized spacial score (nSPS) is 17.1. The van der Waals surface area contributed by atoms with Crippen LogP contribution in [-0.4, -0.2) is 42.9 Å². The Labute approximate surface area is 157 Å². The van der Waals surface area contributed by atoms with Crippen molar-refractivity contribution in [2.45, 2.75) is 30.4 Å². The van der Waals surface area contributed by atoms with Crippen LogP contribution in [0.15, 0.2) is 46.7 Å². The number of nitrogens with one attached hydrogen (secondary N) is 1. The lowest BCUT2D eigenvalue weighted by Gasteiger charge is -2.24. The van der Waals surface area contributed by atoms with Crippen molar-refractivity contribution in [2.24, 2.45) is 0 Å². The first-order valence-electron chi connectivity index (χ1n) is 8.53. The molecule has 1 aromatic carbocycles. The molecule has 1 N–H and O–H groups in total. The molecule has 25 heavy (non-hydrogen) atoms. The van der Waals surface area contributed by atoms with E-state index in [0.717, 1.165) is 43.1 Å². The molecule has 0 radical (unpaired) electrons. The number of benzene rings is 1. The van der Waals surface area contributed by atoms with Crippen molar-refractivity contribution < 1.29 is 9.53 Å². The van der Waals surface area contributed by atoms with E-state index in [0.29, 0.717) is 6.54 Å². The highest BCUT2D eigenvalue weighted by atomic mass is 32.2. The van der Waals surface area contributed by atoms with Crippen LogP contribution in [0.5, 0.6) is 0 Å². The summed E-state index contributed by atoms with van der Waals surface area (Å²) in [6.07, 6.45) is 4.47. The third-order valence-electron chi connectivity index (χ3n) is 4.17. The maximum atomic E-state index is 12.5. The molecule has 1 aliphatic heterocycles. The van der Waals surface area contributed by atoms with Gasteiger partial charge in [0, 0.05) is 35.2 Å². The zero-order valence-corrected chi connectivity index (χ0v) is 16.1. The molecule has 134 valence electrons. The summed E-state index contributed by atoms with van der Waals surface area (Å²) in [5.74, 6) is 0.0211. The first kappa shape index (κ1) is 18.5. The Balaban J connectivity index is 1.60. The van der Waals surface area contributed by atoms with Crippen LogP contribution in [0.25, 0.3) is 0 Å². The number of ether oxygens (including phenoxy) is 1. The third-order valence-corrected chi connectivity index (χ3v) is 5.75. The van der Waals surface area contributed by atoms with Crippen LogP contribution in [0.3, 0.4) is 0 Å². The number of thiophene rings is 1. The summed E-state index contributed by atoms with van der Waals surface area (Å²) in [7, 11) is 0. The maximum absolute atomic E-state index is 12.5. The molecule has 1 atom stereocenters. The predicted molar refractivity (Wildman–Crippen MR) is 105 cm³/mol. The Bertz CT molecular complexity index is 670. The van der Waals surface area contributed by atoms with Crippen LogP contribution < -0.4 is 5.32 Å². The Morgan fingerprint density at radius 1 is 1.40 bits per heavy atom. The summed E-state index contributed by atoms with van der Waals surface area (Å²) in [6, 6.07) is 12.1. The molecule has 0 bridgehead atoms. The fourth-order valence-electron chi connectivity index (χ4n) is 2.99. The van der Waals surface area contributed by atoms with E-state index in [1.165, 1.54) is 4.88 Å². The lowest BCUT2D eigenvalue weighted by molar-refractivity contribution is -0.117. The van der Waals surface area contributed by atoms with Crippen molar-refractivity contribution in [3.8, 4) is 0 Å². The summed E-state index contributed by atoms with van der Waals surface area (Å²) in [6.45, 7) is 2.80. The van der Waals surface area contributed by atoms with Crippen LogP contribution in [0, 0.1) is 0 Å². The number of hydrogen-bond donors (Lipinski definition) is 1. The van der Waals surface area contributed by atoms with Gasteiger partial charge in [-0.1, -0.05) is 12.1 Å². The minimum absolute atomic E-state index is 0.0211. The Morgan fingerprint density at radius 3 is 3.04 bits per heavy atom. The van der Waals surface area contributed by atoms with Crippen LogP contribution in [0.2, 0.25) is 0 Å². The van der Waals surface area contributed by atoms with Gasteiger partial charge in [0.05, 0.1) is 12.6 Å². The van der Waals surface area contributed by atoms with Gasteiger partial charge in [-0.3, -0.25) is 9.69 Å². The minimum Gasteiger partial charge on any atom is -0.377 e. The third kappa shape index (κ3) is 5.85. The largest absolute Gasteiger partial charge is 0.377 e. The predicted octanol–water partition coefficient (Wildman–Crippen LogP) is 4.09. The molecule has 1 fully saturated rings. The standard InChI is InChI=1S/C19H24N2O2S2/c1-24-17-7-2-5-15(11-17)20-19(22)14-21(12-16-6-3-9-23-16)13-18-8-4-10-25-18/h2,4-5,7-8,10-11,16H,3,6,9,12-14H2,1H3,(H,20,22). The van der Waals surface area contributed by atoms with Crippen LogP contribution in [0.4, 0.5) is 5.69 Å². The second kappa shape index (κ2) is 9.38. The summed E-state index contributed by atoms with van der Waals surface area (Å²) >= 11 is 3.40. The van der Waals surface area contributed by atoms with Gasteiger partial charge in [-0.15, -0.1) is 23.1 Å². The number of hydrogen-bond acceptors (Lipinski definition) is 5. The minimum atomic E-state index is 0.0211. The van der Waals surface area contributed by atoms with E-state index in [1.807, 2.05) is 30.5 Å². The molecule has 1 aliphatic rings. The van der Waals surface area contributed by atoms with Crippen molar-refractivity contribution in [2.75, 3.05) is 31.3 Å². The van der Waals surface area contributed by atoms with E-state index in [-0.39, 0.29) is 12.0 Å². The topological polar surface area (TPSA) is 41.6 Å². The second-order valence-corrected chi connectivity index (χ2v) is 8.08. The van der Waals surface area contributed by atoms with E-state index >= 15 is 0 Å². The molecular formula is C19H24N2O2S2. The summed E-state index contributed by atoms with van der Waals surface area (Å²) < 4.78 is 5.76. The molecule has 0 aliphatic carbocycles. The molecule has 4 nitrogen and oxygen atoms in total. The van der Waals surface area contributed by atoms with Gasteiger partial charge in [0.2, 0.25) is 5.91 Å². The second-order valence-electron chi connectivity index (χ2n) is 6.16. The molecular weight excluding hydrogens is 352 g/mol. The van der Waals surface area contributed by atoms with Crippen LogP contribution in [-0.2, 0) is 16.1 Å². The molecule has 1 unspecified atom stereocenters. The average molecular weight is 377 g/mol. The van der Waals surface area contributed by atoms with Crippen LogP contribution in [0.1, 0.15) is 17.7 Å². The molecule has 2 aromatic rings. The van der Waals surface area contributed by atoms with Gasteiger partial charge in [-0.2, -0.15) is 0 Å². The molecule has 0 spiro atoms. The summed E-state index contributed by atoms with van der Waals surface area (Å²) in [5, 5.41) is 5.10.